The molecule has 1 aromatic carbocycles. The topological polar surface area (TPSA) is 61.4 Å². The van der Waals surface area contributed by atoms with Crippen molar-refractivity contribution in [2.45, 2.75) is 45.6 Å². The lowest BCUT2D eigenvalue weighted by Crippen LogP contribution is -2.52. The molecule has 158 valence electrons. The second kappa shape index (κ2) is 7.99. The van der Waals surface area contributed by atoms with Crippen molar-refractivity contribution >= 4 is 11.7 Å². The van der Waals surface area contributed by atoms with Gasteiger partial charge in [0.25, 0.3) is 5.91 Å². The molecule has 4 heterocycles. The molecule has 1 amide bonds. The minimum absolute atomic E-state index is 0.0542. The third kappa shape index (κ3) is 3.81. The highest BCUT2D eigenvalue weighted by Gasteiger charge is 2.40. The van der Waals surface area contributed by atoms with Crippen LogP contribution in [0, 0.1) is 12.3 Å². The van der Waals surface area contributed by atoms with Crippen molar-refractivity contribution in [1.82, 2.24) is 20.2 Å². The van der Waals surface area contributed by atoms with Crippen LogP contribution in [-0.2, 0) is 13.0 Å². The number of aromatic nitrogens is 2. The zero-order valence-corrected chi connectivity index (χ0v) is 17.9. The van der Waals surface area contributed by atoms with E-state index in [1.165, 1.54) is 37.8 Å². The van der Waals surface area contributed by atoms with Gasteiger partial charge in [-0.15, -0.1) is 0 Å². The summed E-state index contributed by atoms with van der Waals surface area (Å²) in [6, 6.07) is 10.8. The molecule has 1 atom stereocenters. The Morgan fingerprint density at radius 3 is 2.70 bits per heavy atom. The summed E-state index contributed by atoms with van der Waals surface area (Å²) in [5, 5.41) is 2.93. The second-order valence-corrected chi connectivity index (χ2v) is 9.25. The summed E-state index contributed by atoms with van der Waals surface area (Å²) in [6.07, 6.45) is 5.82. The molecule has 1 N–H and O–H groups in total. The first-order valence-corrected chi connectivity index (χ1v) is 11.3. The first-order valence-electron chi connectivity index (χ1n) is 11.3. The molecule has 1 unspecified atom stereocenters. The molecule has 3 aliphatic rings. The molecule has 3 aliphatic heterocycles. The Balaban J connectivity index is 1.38. The highest BCUT2D eigenvalue weighted by molar-refractivity contribution is 5.96. The van der Waals surface area contributed by atoms with Gasteiger partial charge in [-0.3, -0.25) is 9.69 Å². The van der Waals surface area contributed by atoms with E-state index >= 15 is 0 Å². The molecule has 6 heteroatoms. The SMILES string of the molecule is Cc1nc2c(c(N3CCCC4(CCCN(Cc5ccccc5)C4)C3)n1)CCNC2=O. The molecular formula is C24H31N5O. The summed E-state index contributed by atoms with van der Waals surface area (Å²) in [7, 11) is 0. The third-order valence-electron chi connectivity index (χ3n) is 6.92. The lowest BCUT2D eigenvalue weighted by atomic mass is 9.73. The molecule has 2 aromatic rings. The minimum atomic E-state index is -0.0542. The summed E-state index contributed by atoms with van der Waals surface area (Å²) in [6.45, 7) is 7.98. The number of piperidine rings is 2. The van der Waals surface area contributed by atoms with E-state index in [-0.39, 0.29) is 5.91 Å². The Bertz CT molecular complexity index is 927. The smallest absolute Gasteiger partial charge is 0.270 e. The van der Waals surface area contributed by atoms with E-state index < -0.39 is 0 Å². The predicted octanol–water partition coefficient (Wildman–Crippen LogP) is 2.95. The molecule has 6 nitrogen and oxygen atoms in total. The van der Waals surface area contributed by atoms with Crippen LogP contribution in [0.2, 0.25) is 0 Å². The van der Waals surface area contributed by atoms with Crippen LogP contribution in [-0.4, -0.2) is 53.5 Å². The normalized spacial score (nSPS) is 24.6. The summed E-state index contributed by atoms with van der Waals surface area (Å²) >= 11 is 0. The van der Waals surface area contributed by atoms with Crippen molar-refractivity contribution in [3.8, 4) is 0 Å². The lowest BCUT2D eigenvalue weighted by molar-refractivity contribution is 0.0682. The van der Waals surface area contributed by atoms with E-state index in [2.05, 4.69) is 50.4 Å². The maximum atomic E-state index is 12.4. The van der Waals surface area contributed by atoms with Crippen LogP contribution in [0.4, 0.5) is 5.82 Å². The van der Waals surface area contributed by atoms with E-state index in [0.29, 0.717) is 23.5 Å². The van der Waals surface area contributed by atoms with Crippen molar-refractivity contribution in [1.29, 1.82) is 0 Å². The highest BCUT2D eigenvalue weighted by atomic mass is 16.1. The Labute approximate surface area is 178 Å². The number of hydrogen-bond donors (Lipinski definition) is 1. The van der Waals surface area contributed by atoms with Crippen LogP contribution < -0.4 is 10.2 Å². The summed E-state index contributed by atoms with van der Waals surface area (Å²) in [5.41, 5.74) is 3.33. The molecule has 1 aromatic heterocycles. The zero-order valence-electron chi connectivity index (χ0n) is 17.9. The quantitative estimate of drug-likeness (QED) is 0.851. The monoisotopic (exact) mass is 405 g/mol. The fraction of sp³-hybridized carbons (Fsp3) is 0.542. The summed E-state index contributed by atoms with van der Waals surface area (Å²) in [5.74, 6) is 1.64. The minimum Gasteiger partial charge on any atom is -0.356 e. The van der Waals surface area contributed by atoms with Crippen LogP contribution in [0.3, 0.4) is 0 Å². The second-order valence-electron chi connectivity index (χ2n) is 9.25. The van der Waals surface area contributed by atoms with Gasteiger partial charge >= 0.3 is 0 Å². The molecule has 2 saturated heterocycles. The maximum Gasteiger partial charge on any atom is 0.270 e. The molecule has 0 bridgehead atoms. The zero-order chi connectivity index (χ0) is 20.6. The number of carbonyl (C=O) groups is 1. The Kier molecular flexibility index (Phi) is 5.19. The number of benzene rings is 1. The number of fused-ring (bicyclic) bond motifs is 1. The van der Waals surface area contributed by atoms with Gasteiger partial charge in [0.05, 0.1) is 0 Å². The van der Waals surface area contributed by atoms with Gasteiger partial charge in [-0.05, 0) is 51.1 Å². The number of amides is 1. The Hall–Kier alpha value is -2.47. The van der Waals surface area contributed by atoms with Gasteiger partial charge in [-0.2, -0.15) is 0 Å². The van der Waals surface area contributed by atoms with E-state index in [1.54, 1.807) is 0 Å². The van der Waals surface area contributed by atoms with Gasteiger partial charge in [0.15, 0.2) is 0 Å². The van der Waals surface area contributed by atoms with Crippen molar-refractivity contribution in [3.63, 3.8) is 0 Å². The third-order valence-corrected chi connectivity index (χ3v) is 6.92. The predicted molar refractivity (Wildman–Crippen MR) is 118 cm³/mol. The fourth-order valence-corrected chi connectivity index (χ4v) is 5.65. The van der Waals surface area contributed by atoms with Crippen molar-refractivity contribution in [2.75, 3.05) is 37.6 Å². The summed E-state index contributed by atoms with van der Waals surface area (Å²) < 4.78 is 0. The molecule has 2 fully saturated rings. The average Bonchev–Trinajstić information content (AvgIpc) is 2.75. The largest absolute Gasteiger partial charge is 0.356 e. The van der Waals surface area contributed by atoms with E-state index in [9.17, 15) is 4.79 Å². The van der Waals surface area contributed by atoms with E-state index in [0.717, 1.165) is 44.0 Å². The Morgan fingerprint density at radius 1 is 1.07 bits per heavy atom. The standard InChI is InChI=1S/C24H31N5O/c1-18-26-21-20(9-12-25-23(21)30)22(27-18)29-14-6-11-24(17-29)10-5-13-28(16-24)15-19-7-3-2-4-8-19/h2-4,7-8H,5-6,9-17H2,1H3,(H,25,30). The number of anilines is 1. The van der Waals surface area contributed by atoms with Crippen LogP contribution in [0.25, 0.3) is 0 Å². The Morgan fingerprint density at radius 2 is 1.87 bits per heavy atom. The number of rotatable bonds is 3. The van der Waals surface area contributed by atoms with E-state index in [1.807, 2.05) is 6.92 Å². The van der Waals surface area contributed by atoms with Gasteiger partial charge in [0.2, 0.25) is 0 Å². The van der Waals surface area contributed by atoms with Crippen molar-refractivity contribution < 1.29 is 4.79 Å². The van der Waals surface area contributed by atoms with Crippen molar-refractivity contribution in [3.05, 3.63) is 53.0 Å². The van der Waals surface area contributed by atoms with Crippen LogP contribution in [0.15, 0.2) is 30.3 Å². The highest BCUT2D eigenvalue weighted by Crippen LogP contribution is 2.41. The van der Waals surface area contributed by atoms with Gasteiger partial charge in [0.1, 0.15) is 17.3 Å². The van der Waals surface area contributed by atoms with Gasteiger partial charge in [-0.1, -0.05) is 30.3 Å². The number of carbonyl (C=O) groups excluding carboxylic acids is 1. The molecular weight excluding hydrogens is 374 g/mol. The average molecular weight is 406 g/mol. The summed E-state index contributed by atoms with van der Waals surface area (Å²) in [4.78, 5) is 26.7. The molecule has 1 spiro atoms. The van der Waals surface area contributed by atoms with Crippen molar-refractivity contribution in [2.24, 2.45) is 5.41 Å². The van der Waals surface area contributed by atoms with E-state index in [4.69, 9.17) is 4.98 Å². The molecule has 5 rings (SSSR count). The number of likely N-dealkylation sites (tertiary alicyclic amines) is 1. The van der Waals surface area contributed by atoms with Gasteiger partial charge < -0.3 is 10.2 Å². The first kappa shape index (κ1) is 19.5. The van der Waals surface area contributed by atoms with Gasteiger partial charge in [0, 0.05) is 43.7 Å². The number of aryl methyl sites for hydroxylation is 1. The molecule has 0 saturated carbocycles. The van der Waals surface area contributed by atoms with Gasteiger partial charge in [-0.25, -0.2) is 9.97 Å². The lowest BCUT2D eigenvalue weighted by Gasteiger charge is -2.49. The molecule has 0 aliphatic carbocycles. The number of nitrogens with zero attached hydrogens (tertiary/aromatic N) is 4. The first-order chi connectivity index (χ1) is 14.6. The van der Waals surface area contributed by atoms with Crippen LogP contribution >= 0.6 is 0 Å². The number of hydrogen-bond acceptors (Lipinski definition) is 5. The molecule has 0 radical (unpaired) electrons. The number of nitrogens with one attached hydrogen (secondary N) is 1. The molecule has 30 heavy (non-hydrogen) atoms. The van der Waals surface area contributed by atoms with Crippen LogP contribution in [0.1, 0.15) is 53.1 Å². The van der Waals surface area contributed by atoms with Crippen LogP contribution in [0.5, 0.6) is 0 Å². The maximum absolute atomic E-state index is 12.4. The fourth-order valence-electron chi connectivity index (χ4n) is 5.65.